The highest BCUT2D eigenvalue weighted by atomic mass is 35.5. The Kier molecular flexibility index (Phi) is 5.35. The highest BCUT2D eigenvalue weighted by Gasteiger charge is 2.47. The van der Waals surface area contributed by atoms with Gasteiger partial charge in [0.15, 0.2) is 11.5 Å². The minimum atomic E-state index is -0.964. The molecule has 8 heteroatoms. The number of carbonyl (C=O) groups excluding carboxylic acids is 2. The number of amides is 1. The number of Topliss-reactive ketones (excluding diaryl/α,β-unsaturated/α-hetero) is 1. The van der Waals surface area contributed by atoms with Crippen molar-refractivity contribution in [2.24, 2.45) is 0 Å². The zero-order valence-electron chi connectivity index (χ0n) is 16.3. The van der Waals surface area contributed by atoms with Crippen LogP contribution < -0.4 is 9.64 Å². The highest BCUT2D eigenvalue weighted by molar-refractivity contribution is 6.51. The molecule has 3 aromatic rings. The van der Waals surface area contributed by atoms with Crippen molar-refractivity contribution in [2.45, 2.75) is 6.04 Å². The number of nitrogens with zero attached hydrogens (tertiary/aromatic N) is 2. The van der Waals surface area contributed by atoms with Crippen molar-refractivity contribution in [3.63, 3.8) is 0 Å². The van der Waals surface area contributed by atoms with E-state index in [4.69, 9.17) is 16.3 Å². The number of pyridine rings is 1. The summed E-state index contributed by atoms with van der Waals surface area (Å²) in [5.41, 5.74) is 1.10. The number of halogens is 1. The molecule has 1 saturated heterocycles. The second kappa shape index (κ2) is 8.12. The zero-order chi connectivity index (χ0) is 22.1. The number of methoxy groups -OCH3 is 1. The fourth-order valence-corrected chi connectivity index (χ4v) is 3.66. The molecule has 2 heterocycles. The van der Waals surface area contributed by atoms with Crippen LogP contribution in [-0.2, 0) is 9.59 Å². The molecule has 2 N–H and O–H groups in total. The number of aliphatic hydroxyl groups is 1. The van der Waals surface area contributed by atoms with E-state index >= 15 is 0 Å². The second-order valence-electron chi connectivity index (χ2n) is 6.82. The van der Waals surface area contributed by atoms with E-state index in [-0.39, 0.29) is 22.8 Å². The van der Waals surface area contributed by atoms with E-state index in [1.165, 1.54) is 30.3 Å². The van der Waals surface area contributed by atoms with Crippen LogP contribution in [0.3, 0.4) is 0 Å². The van der Waals surface area contributed by atoms with Crippen LogP contribution in [0.5, 0.6) is 11.5 Å². The molecule has 4 rings (SSSR count). The Labute approximate surface area is 182 Å². The molecule has 1 aliphatic rings. The molecule has 1 atom stereocenters. The molecule has 0 aliphatic carbocycles. The SMILES string of the molecule is COc1cc(C2/C(=C(\O)c3ccc(Cl)cc3)C(=O)C(=O)N2c2cccnc2)ccc1O. The highest BCUT2D eigenvalue weighted by Crippen LogP contribution is 2.43. The summed E-state index contributed by atoms with van der Waals surface area (Å²) in [7, 11) is 1.39. The topological polar surface area (TPSA) is 100.0 Å². The van der Waals surface area contributed by atoms with Crippen molar-refractivity contribution in [1.29, 1.82) is 0 Å². The normalized spacial score (nSPS) is 17.7. The van der Waals surface area contributed by atoms with Gasteiger partial charge < -0.3 is 14.9 Å². The molecule has 0 saturated carbocycles. The molecule has 156 valence electrons. The Morgan fingerprint density at radius 1 is 1.13 bits per heavy atom. The number of hydrogen-bond acceptors (Lipinski definition) is 6. The second-order valence-corrected chi connectivity index (χ2v) is 7.25. The van der Waals surface area contributed by atoms with Crippen LogP contribution in [0, 0.1) is 0 Å². The summed E-state index contributed by atoms with van der Waals surface area (Å²) >= 11 is 5.93. The molecule has 7 nitrogen and oxygen atoms in total. The lowest BCUT2D eigenvalue weighted by atomic mass is 9.95. The Hall–Kier alpha value is -3.84. The predicted octanol–water partition coefficient (Wildman–Crippen LogP) is 4.08. The largest absolute Gasteiger partial charge is 0.507 e. The predicted molar refractivity (Wildman–Crippen MR) is 115 cm³/mol. The first-order valence-corrected chi connectivity index (χ1v) is 9.64. The van der Waals surface area contributed by atoms with Gasteiger partial charge in [0.25, 0.3) is 11.7 Å². The summed E-state index contributed by atoms with van der Waals surface area (Å²) in [5.74, 6) is -1.91. The minimum Gasteiger partial charge on any atom is -0.507 e. The van der Waals surface area contributed by atoms with E-state index in [2.05, 4.69) is 4.98 Å². The zero-order valence-corrected chi connectivity index (χ0v) is 17.1. The van der Waals surface area contributed by atoms with Crippen LogP contribution in [0.25, 0.3) is 5.76 Å². The number of hydrogen-bond donors (Lipinski definition) is 2. The summed E-state index contributed by atoms with van der Waals surface area (Å²) in [6.07, 6.45) is 3.00. The Morgan fingerprint density at radius 2 is 1.87 bits per heavy atom. The maximum absolute atomic E-state index is 13.0. The Bertz CT molecular complexity index is 1190. The molecule has 1 fully saturated rings. The Balaban J connectivity index is 1.96. The fraction of sp³-hybridized carbons (Fsp3) is 0.0870. The molecule has 1 aromatic heterocycles. The lowest BCUT2D eigenvalue weighted by Gasteiger charge is -2.25. The third kappa shape index (κ3) is 3.60. The van der Waals surface area contributed by atoms with Crippen LogP contribution >= 0.6 is 11.6 Å². The molecule has 0 radical (unpaired) electrons. The summed E-state index contributed by atoms with van der Waals surface area (Å²) < 4.78 is 5.19. The number of benzene rings is 2. The number of aromatic hydroxyl groups is 1. The Morgan fingerprint density at radius 3 is 2.52 bits per heavy atom. The molecule has 0 spiro atoms. The van der Waals surface area contributed by atoms with E-state index in [9.17, 15) is 19.8 Å². The monoisotopic (exact) mass is 436 g/mol. The average Bonchev–Trinajstić information content (AvgIpc) is 3.05. The van der Waals surface area contributed by atoms with Gasteiger partial charge in [0, 0.05) is 16.8 Å². The van der Waals surface area contributed by atoms with E-state index in [1.807, 2.05) is 0 Å². The third-order valence-electron chi connectivity index (χ3n) is 5.01. The first-order valence-electron chi connectivity index (χ1n) is 9.26. The van der Waals surface area contributed by atoms with Crippen molar-refractivity contribution in [2.75, 3.05) is 12.0 Å². The molecule has 0 bridgehead atoms. The summed E-state index contributed by atoms with van der Waals surface area (Å²) in [4.78, 5) is 31.4. The number of anilines is 1. The van der Waals surface area contributed by atoms with Crippen LogP contribution in [-0.4, -0.2) is 34.0 Å². The van der Waals surface area contributed by atoms with Gasteiger partial charge in [-0.2, -0.15) is 0 Å². The van der Waals surface area contributed by atoms with Crippen molar-refractivity contribution < 1.29 is 24.5 Å². The van der Waals surface area contributed by atoms with E-state index in [0.717, 1.165) is 0 Å². The summed E-state index contributed by atoms with van der Waals surface area (Å²) in [5, 5.41) is 21.5. The first kappa shape index (κ1) is 20.4. The molecule has 1 unspecified atom stereocenters. The van der Waals surface area contributed by atoms with E-state index in [0.29, 0.717) is 21.8 Å². The summed E-state index contributed by atoms with van der Waals surface area (Å²) in [6, 6.07) is 13.1. The van der Waals surface area contributed by atoms with Crippen molar-refractivity contribution >= 4 is 34.7 Å². The van der Waals surface area contributed by atoms with E-state index in [1.54, 1.807) is 48.7 Å². The van der Waals surface area contributed by atoms with Crippen LogP contribution in [0.4, 0.5) is 5.69 Å². The van der Waals surface area contributed by atoms with Crippen LogP contribution in [0.15, 0.2) is 72.6 Å². The number of ketones is 1. The van der Waals surface area contributed by atoms with Gasteiger partial charge in [-0.05, 0) is 54.1 Å². The van der Waals surface area contributed by atoms with Crippen molar-refractivity contribution in [3.8, 4) is 11.5 Å². The molecule has 2 aromatic carbocycles. The maximum Gasteiger partial charge on any atom is 0.300 e. The number of phenols is 1. The van der Waals surface area contributed by atoms with Crippen LogP contribution in [0.1, 0.15) is 17.2 Å². The molecular weight excluding hydrogens is 420 g/mol. The number of aromatic nitrogens is 1. The number of ether oxygens (including phenoxy) is 1. The van der Waals surface area contributed by atoms with Gasteiger partial charge in [0.1, 0.15) is 5.76 Å². The third-order valence-corrected chi connectivity index (χ3v) is 5.26. The van der Waals surface area contributed by atoms with Gasteiger partial charge in [0.05, 0.1) is 30.6 Å². The van der Waals surface area contributed by atoms with Crippen molar-refractivity contribution in [3.05, 3.63) is 88.7 Å². The number of aliphatic hydroxyl groups excluding tert-OH is 1. The quantitative estimate of drug-likeness (QED) is 0.363. The first-order chi connectivity index (χ1) is 14.9. The molecular formula is C23H17ClN2O5. The standard InChI is InChI=1S/C23H17ClN2O5/c1-31-18-11-14(6-9-17(18)27)20-19(21(28)13-4-7-15(24)8-5-13)22(29)23(30)26(20)16-3-2-10-25-12-16/h2-12,20,27-28H,1H3/b21-19+. The van der Waals surface area contributed by atoms with Gasteiger partial charge in [-0.3, -0.25) is 19.5 Å². The molecule has 1 aliphatic heterocycles. The van der Waals surface area contributed by atoms with Crippen LogP contribution in [0.2, 0.25) is 5.02 Å². The molecule has 31 heavy (non-hydrogen) atoms. The number of carbonyl (C=O) groups is 2. The molecule has 1 amide bonds. The maximum atomic E-state index is 13.0. The number of rotatable bonds is 4. The average molecular weight is 437 g/mol. The van der Waals surface area contributed by atoms with Gasteiger partial charge in [-0.1, -0.05) is 17.7 Å². The van der Waals surface area contributed by atoms with Gasteiger partial charge in [-0.15, -0.1) is 0 Å². The van der Waals surface area contributed by atoms with Gasteiger partial charge >= 0.3 is 0 Å². The smallest absolute Gasteiger partial charge is 0.300 e. The summed E-state index contributed by atoms with van der Waals surface area (Å²) in [6.45, 7) is 0. The van der Waals surface area contributed by atoms with Gasteiger partial charge in [0.2, 0.25) is 0 Å². The fourth-order valence-electron chi connectivity index (χ4n) is 3.54. The lowest BCUT2D eigenvalue weighted by Crippen LogP contribution is -2.29. The number of phenolic OH excluding ortho intramolecular Hbond substituents is 1. The lowest BCUT2D eigenvalue weighted by molar-refractivity contribution is -0.132. The van der Waals surface area contributed by atoms with E-state index < -0.39 is 17.7 Å². The minimum absolute atomic E-state index is 0.0936. The van der Waals surface area contributed by atoms with Gasteiger partial charge in [-0.25, -0.2) is 0 Å². The van der Waals surface area contributed by atoms with Crippen molar-refractivity contribution in [1.82, 2.24) is 4.98 Å².